The SMILES string of the molecule is COc1ccc(NC(=O)N(CC2CCCO2)CC2(O)CCC3c4ccc(cc4C(=O)c4ccc(C)s4)CC(O)CCC(C)=CCCC32C)cc1. The third kappa shape index (κ3) is 7.86. The number of nitrogens with zero attached hydrogens (tertiary/aromatic N) is 1. The van der Waals surface area contributed by atoms with Gasteiger partial charge in [0.1, 0.15) is 5.75 Å². The summed E-state index contributed by atoms with van der Waals surface area (Å²) in [5, 5.41) is 26.9. The maximum atomic E-state index is 14.3. The van der Waals surface area contributed by atoms with Gasteiger partial charge < -0.3 is 29.9 Å². The van der Waals surface area contributed by atoms with Crippen LogP contribution in [0.2, 0.25) is 0 Å². The van der Waals surface area contributed by atoms with E-state index in [1.165, 1.54) is 16.9 Å². The Morgan fingerprint density at radius 3 is 2.56 bits per heavy atom. The number of ketones is 1. The summed E-state index contributed by atoms with van der Waals surface area (Å²) in [6.45, 7) is 7.46. The van der Waals surface area contributed by atoms with E-state index >= 15 is 0 Å². The van der Waals surface area contributed by atoms with Gasteiger partial charge in [-0.1, -0.05) is 30.7 Å². The summed E-state index contributed by atoms with van der Waals surface area (Å²) in [4.78, 5) is 31.8. The van der Waals surface area contributed by atoms with Crippen molar-refractivity contribution < 1.29 is 29.3 Å². The van der Waals surface area contributed by atoms with E-state index in [2.05, 4.69) is 31.3 Å². The molecule has 8 nitrogen and oxygen atoms in total. The van der Waals surface area contributed by atoms with Crippen LogP contribution < -0.4 is 10.1 Å². The van der Waals surface area contributed by atoms with Gasteiger partial charge in [0.25, 0.3) is 0 Å². The number of aliphatic hydroxyl groups is 2. The Kier molecular flexibility index (Phi) is 11.2. The summed E-state index contributed by atoms with van der Waals surface area (Å²) in [6.07, 6.45) is 7.94. The first-order valence-corrected chi connectivity index (χ1v) is 18.9. The molecule has 9 heteroatoms. The van der Waals surface area contributed by atoms with Crippen molar-refractivity contribution in [2.75, 3.05) is 32.1 Å². The summed E-state index contributed by atoms with van der Waals surface area (Å²) < 4.78 is 11.3. The van der Waals surface area contributed by atoms with Crippen LogP contribution in [-0.2, 0) is 11.2 Å². The number of methoxy groups -OCH3 is 1. The molecule has 268 valence electrons. The Balaban J connectivity index is 1.38. The minimum absolute atomic E-state index is 0.0195. The predicted octanol–water partition coefficient (Wildman–Crippen LogP) is 8.05. The van der Waals surface area contributed by atoms with Crippen LogP contribution in [0.3, 0.4) is 0 Å². The maximum Gasteiger partial charge on any atom is 0.322 e. The number of ether oxygens (including phenoxy) is 2. The Hall–Kier alpha value is -3.50. The molecule has 2 fully saturated rings. The maximum absolute atomic E-state index is 14.3. The Labute approximate surface area is 300 Å². The Bertz CT molecular complexity index is 1690. The van der Waals surface area contributed by atoms with Gasteiger partial charge in [0.15, 0.2) is 0 Å². The van der Waals surface area contributed by atoms with Gasteiger partial charge in [0.05, 0.1) is 36.3 Å². The van der Waals surface area contributed by atoms with Crippen molar-refractivity contribution in [2.24, 2.45) is 5.41 Å². The fourth-order valence-electron chi connectivity index (χ4n) is 8.33. The van der Waals surface area contributed by atoms with Crippen molar-refractivity contribution >= 4 is 28.8 Å². The number of hydrogen-bond donors (Lipinski definition) is 3. The van der Waals surface area contributed by atoms with Crippen molar-refractivity contribution in [2.45, 2.75) is 102 Å². The molecular formula is C41H52N2O6S. The molecule has 2 amide bonds. The molecule has 2 heterocycles. The van der Waals surface area contributed by atoms with Gasteiger partial charge in [0.2, 0.25) is 5.78 Å². The van der Waals surface area contributed by atoms with E-state index in [1.807, 2.05) is 55.5 Å². The molecule has 1 aliphatic heterocycles. The Morgan fingerprint density at radius 2 is 1.86 bits per heavy atom. The topological polar surface area (TPSA) is 108 Å². The summed E-state index contributed by atoms with van der Waals surface area (Å²) in [5.41, 5.74) is 2.49. The molecule has 5 atom stereocenters. The van der Waals surface area contributed by atoms with E-state index in [1.54, 1.807) is 12.0 Å². The van der Waals surface area contributed by atoms with Crippen LogP contribution in [0.1, 0.15) is 102 Å². The zero-order valence-corrected chi connectivity index (χ0v) is 30.7. The first-order valence-electron chi connectivity index (χ1n) is 18.1. The quantitative estimate of drug-likeness (QED) is 0.162. The highest BCUT2D eigenvalue weighted by Crippen LogP contribution is 2.59. The lowest BCUT2D eigenvalue weighted by Gasteiger charge is -2.46. The monoisotopic (exact) mass is 700 g/mol. The molecule has 50 heavy (non-hydrogen) atoms. The third-order valence-corrected chi connectivity index (χ3v) is 12.4. The fraction of sp³-hybridized carbons (Fsp3) is 0.512. The number of fused-ring (bicyclic) bond motifs is 8. The number of urea groups is 1. The van der Waals surface area contributed by atoms with E-state index in [4.69, 9.17) is 9.47 Å². The molecule has 2 aromatic carbocycles. The number of rotatable bonds is 8. The highest BCUT2D eigenvalue weighted by molar-refractivity contribution is 7.14. The number of thiophene rings is 1. The average Bonchev–Trinajstić information content (AvgIpc) is 3.84. The zero-order chi connectivity index (χ0) is 35.5. The minimum atomic E-state index is -1.24. The van der Waals surface area contributed by atoms with Gasteiger partial charge in [-0.3, -0.25) is 4.79 Å². The largest absolute Gasteiger partial charge is 0.497 e. The zero-order valence-electron chi connectivity index (χ0n) is 29.9. The normalized spacial score (nSPS) is 26.9. The molecule has 3 N–H and O–H groups in total. The lowest BCUT2D eigenvalue weighted by Crippen LogP contribution is -2.55. The lowest BCUT2D eigenvalue weighted by atomic mass is 9.64. The minimum Gasteiger partial charge on any atom is -0.497 e. The number of benzene rings is 2. The molecule has 1 saturated heterocycles. The molecule has 1 aromatic heterocycles. The molecule has 7 rings (SSSR count). The van der Waals surface area contributed by atoms with Crippen molar-refractivity contribution in [3.63, 3.8) is 0 Å². The molecule has 0 spiro atoms. The highest BCUT2D eigenvalue weighted by Gasteiger charge is 2.58. The number of allylic oxidation sites excluding steroid dienone is 2. The first-order chi connectivity index (χ1) is 24.0. The first kappa shape index (κ1) is 36.3. The van der Waals surface area contributed by atoms with Gasteiger partial charge >= 0.3 is 6.03 Å². The summed E-state index contributed by atoms with van der Waals surface area (Å²) >= 11 is 1.49. The van der Waals surface area contributed by atoms with Crippen molar-refractivity contribution in [1.82, 2.24) is 4.90 Å². The molecule has 3 aromatic rings. The summed E-state index contributed by atoms with van der Waals surface area (Å²) in [7, 11) is 1.61. The number of aryl methyl sites for hydroxylation is 1. The predicted molar refractivity (Wildman–Crippen MR) is 198 cm³/mol. The van der Waals surface area contributed by atoms with Crippen LogP contribution in [0.15, 0.2) is 66.2 Å². The second kappa shape index (κ2) is 15.4. The smallest absolute Gasteiger partial charge is 0.322 e. The van der Waals surface area contributed by atoms with Crippen LogP contribution in [0.5, 0.6) is 5.75 Å². The molecule has 0 radical (unpaired) electrons. The number of aliphatic hydroxyl groups excluding tert-OH is 1. The summed E-state index contributed by atoms with van der Waals surface area (Å²) in [5.74, 6) is 0.555. The number of amides is 2. The number of hydrogen-bond acceptors (Lipinski definition) is 7. The highest BCUT2D eigenvalue weighted by atomic mass is 32.1. The van der Waals surface area contributed by atoms with Crippen molar-refractivity contribution in [3.8, 4) is 5.75 Å². The number of nitrogens with one attached hydrogen (secondary N) is 1. The molecule has 3 aliphatic carbocycles. The van der Waals surface area contributed by atoms with Gasteiger partial charge in [-0.25, -0.2) is 4.79 Å². The van der Waals surface area contributed by atoms with Crippen molar-refractivity contribution in [1.29, 1.82) is 0 Å². The van der Waals surface area contributed by atoms with Crippen molar-refractivity contribution in [3.05, 3.63) is 92.7 Å². The molecule has 4 aliphatic rings. The molecule has 2 bridgehead atoms. The van der Waals surface area contributed by atoms with E-state index in [0.29, 0.717) is 67.1 Å². The van der Waals surface area contributed by atoms with Crippen LogP contribution in [-0.4, -0.2) is 71.5 Å². The third-order valence-electron chi connectivity index (χ3n) is 11.4. The fourth-order valence-corrected chi connectivity index (χ4v) is 9.15. The molecule has 1 saturated carbocycles. The van der Waals surface area contributed by atoms with Gasteiger partial charge in [-0.05, 0) is 131 Å². The summed E-state index contributed by atoms with van der Waals surface area (Å²) in [6, 6.07) is 16.9. The number of anilines is 1. The Morgan fingerprint density at radius 1 is 1.06 bits per heavy atom. The van der Waals surface area contributed by atoms with Crippen LogP contribution in [0.25, 0.3) is 0 Å². The van der Waals surface area contributed by atoms with Crippen LogP contribution in [0, 0.1) is 12.3 Å². The van der Waals surface area contributed by atoms with E-state index in [9.17, 15) is 19.8 Å². The number of carbonyl (C=O) groups excluding carboxylic acids is 2. The molecule has 5 unspecified atom stereocenters. The van der Waals surface area contributed by atoms with E-state index in [-0.39, 0.29) is 30.4 Å². The standard InChI is InChI=1S/C41H52N2O6S/c1-27-7-5-20-40(3)36(34-17-11-29(23-31(44)14-9-27)24-35(34)38(45)37-18-10-28(2)50-37)19-21-41(40,47)26-43(25-33-8-6-22-49-33)39(46)42-30-12-15-32(48-4)16-13-30/h7,10-13,15-18,24,31,33,36,44,47H,5-6,8-9,14,19-23,25-26H2,1-4H3,(H,42,46). The van der Waals surface area contributed by atoms with E-state index < -0.39 is 17.1 Å². The van der Waals surface area contributed by atoms with Gasteiger partial charge in [0, 0.05) is 34.7 Å². The average molecular weight is 701 g/mol. The second-order valence-electron chi connectivity index (χ2n) is 14.9. The van der Waals surface area contributed by atoms with Gasteiger partial charge in [-0.2, -0.15) is 0 Å². The molecular weight excluding hydrogens is 649 g/mol. The number of carbonyl (C=O) groups is 2. The van der Waals surface area contributed by atoms with Crippen LogP contribution >= 0.6 is 11.3 Å². The van der Waals surface area contributed by atoms with E-state index in [0.717, 1.165) is 41.7 Å². The second-order valence-corrected chi connectivity index (χ2v) is 16.1. The lowest BCUT2D eigenvalue weighted by molar-refractivity contribution is -0.0799. The van der Waals surface area contributed by atoms with Gasteiger partial charge in [-0.15, -0.1) is 11.3 Å². The van der Waals surface area contributed by atoms with Crippen LogP contribution in [0.4, 0.5) is 10.5 Å².